The molecule has 0 radical (unpaired) electrons. The fourth-order valence-corrected chi connectivity index (χ4v) is 2.92. The number of nitrogens with one attached hydrogen (secondary N) is 1. The van der Waals surface area contributed by atoms with Gasteiger partial charge >= 0.3 is 5.97 Å². The van der Waals surface area contributed by atoms with Crippen molar-refractivity contribution < 1.29 is 18.7 Å². The SMILES string of the molecule is COC(=O)c1c(C)oc(NC(=O)CC2CCCCC2)c1C#N. The number of hydrogen-bond acceptors (Lipinski definition) is 5. The molecule has 6 heteroatoms. The largest absolute Gasteiger partial charge is 0.465 e. The van der Waals surface area contributed by atoms with Crippen LogP contribution in [0.25, 0.3) is 0 Å². The Bertz CT molecular complexity index is 606. The Kier molecular flexibility index (Phi) is 5.21. The van der Waals surface area contributed by atoms with Gasteiger partial charge in [-0.1, -0.05) is 19.3 Å². The Morgan fingerprint density at radius 1 is 1.36 bits per heavy atom. The maximum Gasteiger partial charge on any atom is 0.342 e. The molecule has 1 heterocycles. The van der Waals surface area contributed by atoms with E-state index in [1.807, 2.05) is 6.07 Å². The second-order valence-electron chi connectivity index (χ2n) is 5.60. The van der Waals surface area contributed by atoms with Crippen molar-refractivity contribution in [1.82, 2.24) is 0 Å². The van der Waals surface area contributed by atoms with Gasteiger partial charge in [0.1, 0.15) is 23.0 Å². The Morgan fingerprint density at radius 2 is 2.05 bits per heavy atom. The van der Waals surface area contributed by atoms with Crippen molar-refractivity contribution in [3.63, 3.8) is 0 Å². The number of esters is 1. The zero-order chi connectivity index (χ0) is 16.1. The van der Waals surface area contributed by atoms with Crippen LogP contribution in [0.2, 0.25) is 0 Å². The first-order valence-electron chi connectivity index (χ1n) is 7.48. The third-order valence-corrected chi connectivity index (χ3v) is 4.04. The number of anilines is 1. The first-order chi connectivity index (χ1) is 10.6. The summed E-state index contributed by atoms with van der Waals surface area (Å²) in [7, 11) is 1.23. The number of carbonyl (C=O) groups excluding carboxylic acids is 2. The predicted octanol–water partition coefficient (Wildman–Crippen LogP) is 3.16. The maximum absolute atomic E-state index is 12.1. The van der Waals surface area contributed by atoms with E-state index >= 15 is 0 Å². The van der Waals surface area contributed by atoms with E-state index in [0.29, 0.717) is 12.3 Å². The second-order valence-corrected chi connectivity index (χ2v) is 5.60. The van der Waals surface area contributed by atoms with E-state index in [9.17, 15) is 14.9 Å². The number of amides is 1. The first-order valence-corrected chi connectivity index (χ1v) is 7.48. The van der Waals surface area contributed by atoms with Crippen LogP contribution < -0.4 is 5.32 Å². The van der Waals surface area contributed by atoms with Crippen molar-refractivity contribution in [2.45, 2.75) is 45.4 Å². The number of nitrogens with zero attached hydrogens (tertiary/aromatic N) is 1. The molecule has 0 aliphatic heterocycles. The van der Waals surface area contributed by atoms with Crippen molar-refractivity contribution >= 4 is 17.8 Å². The summed E-state index contributed by atoms with van der Waals surface area (Å²) in [6, 6.07) is 1.90. The van der Waals surface area contributed by atoms with Crippen LogP contribution in [0.4, 0.5) is 5.88 Å². The van der Waals surface area contributed by atoms with Crippen LogP contribution in [-0.2, 0) is 9.53 Å². The maximum atomic E-state index is 12.1. The summed E-state index contributed by atoms with van der Waals surface area (Å²) in [6.07, 6.45) is 6.09. The molecule has 1 amide bonds. The average Bonchev–Trinajstić information content (AvgIpc) is 2.82. The fraction of sp³-hybridized carbons (Fsp3) is 0.562. The highest BCUT2D eigenvalue weighted by molar-refractivity contribution is 5.98. The van der Waals surface area contributed by atoms with E-state index in [1.165, 1.54) is 13.5 Å². The Hall–Kier alpha value is -2.29. The van der Waals surface area contributed by atoms with Gasteiger partial charge in [-0.3, -0.25) is 10.1 Å². The fourth-order valence-electron chi connectivity index (χ4n) is 2.92. The van der Waals surface area contributed by atoms with Gasteiger partial charge in [-0.05, 0) is 25.7 Å². The van der Waals surface area contributed by atoms with Gasteiger partial charge in [0.2, 0.25) is 11.8 Å². The summed E-state index contributed by atoms with van der Waals surface area (Å²) in [6.45, 7) is 1.56. The minimum atomic E-state index is -0.648. The van der Waals surface area contributed by atoms with Crippen LogP contribution in [-0.4, -0.2) is 19.0 Å². The van der Waals surface area contributed by atoms with E-state index in [2.05, 4.69) is 10.1 Å². The van der Waals surface area contributed by atoms with Crippen molar-refractivity contribution in [1.29, 1.82) is 5.26 Å². The summed E-state index contributed by atoms with van der Waals surface area (Å²) in [5.74, 6) is -0.160. The van der Waals surface area contributed by atoms with E-state index < -0.39 is 5.97 Å². The van der Waals surface area contributed by atoms with E-state index in [-0.39, 0.29) is 28.7 Å². The first kappa shape index (κ1) is 16.1. The lowest BCUT2D eigenvalue weighted by Gasteiger charge is -2.20. The Balaban J connectivity index is 2.10. The van der Waals surface area contributed by atoms with Crippen LogP contribution in [0, 0.1) is 24.2 Å². The smallest absolute Gasteiger partial charge is 0.342 e. The summed E-state index contributed by atoms with van der Waals surface area (Å²) in [5, 5.41) is 11.8. The zero-order valence-corrected chi connectivity index (χ0v) is 12.9. The van der Waals surface area contributed by atoms with Gasteiger partial charge < -0.3 is 9.15 Å². The second kappa shape index (κ2) is 7.12. The zero-order valence-electron chi connectivity index (χ0n) is 12.9. The molecule has 0 unspecified atom stereocenters. The standard InChI is InChI=1S/C16H20N2O4/c1-10-14(16(20)21-2)12(9-17)15(22-10)18-13(19)8-11-6-4-3-5-7-11/h11H,3-8H2,1-2H3,(H,18,19). The van der Waals surface area contributed by atoms with Crippen LogP contribution in [0.15, 0.2) is 4.42 Å². The van der Waals surface area contributed by atoms with Crippen molar-refractivity contribution in [3.05, 3.63) is 16.9 Å². The molecule has 1 N–H and O–H groups in total. The minimum Gasteiger partial charge on any atom is -0.465 e. The third-order valence-electron chi connectivity index (χ3n) is 4.04. The highest BCUT2D eigenvalue weighted by atomic mass is 16.5. The molecule has 1 aromatic rings. The van der Waals surface area contributed by atoms with Crippen LogP contribution in [0.1, 0.15) is 60.2 Å². The highest BCUT2D eigenvalue weighted by Gasteiger charge is 2.26. The number of hydrogen-bond donors (Lipinski definition) is 1. The molecule has 2 rings (SSSR count). The molecule has 1 aliphatic rings. The molecular formula is C16H20N2O4. The van der Waals surface area contributed by atoms with Crippen LogP contribution in [0.3, 0.4) is 0 Å². The van der Waals surface area contributed by atoms with E-state index in [0.717, 1.165) is 25.7 Å². The molecule has 0 spiro atoms. The molecule has 22 heavy (non-hydrogen) atoms. The molecule has 0 aromatic carbocycles. The Morgan fingerprint density at radius 3 is 2.64 bits per heavy atom. The number of methoxy groups -OCH3 is 1. The lowest BCUT2D eigenvalue weighted by molar-refractivity contribution is -0.117. The van der Waals surface area contributed by atoms with Gasteiger partial charge in [0.15, 0.2) is 0 Å². The molecule has 1 fully saturated rings. The number of rotatable bonds is 4. The third kappa shape index (κ3) is 3.48. The number of carbonyl (C=O) groups is 2. The van der Waals surface area contributed by atoms with Gasteiger partial charge in [0.25, 0.3) is 0 Å². The highest BCUT2D eigenvalue weighted by Crippen LogP contribution is 2.29. The molecule has 0 atom stereocenters. The molecule has 1 saturated carbocycles. The van der Waals surface area contributed by atoms with E-state index in [4.69, 9.17) is 4.42 Å². The van der Waals surface area contributed by atoms with Gasteiger partial charge in [0, 0.05) is 6.42 Å². The van der Waals surface area contributed by atoms with Gasteiger partial charge in [-0.2, -0.15) is 5.26 Å². The van der Waals surface area contributed by atoms with Crippen molar-refractivity contribution in [2.24, 2.45) is 5.92 Å². The van der Waals surface area contributed by atoms with E-state index in [1.54, 1.807) is 6.92 Å². The number of nitriles is 1. The van der Waals surface area contributed by atoms with Crippen LogP contribution in [0.5, 0.6) is 0 Å². The normalized spacial score (nSPS) is 15.1. The molecule has 118 valence electrons. The lowest BCUT2D eigenvalue weighted by atomic mass is 9.87. The number of furan rings is 1. The monoisotopic (exact) mass is 304 g/mol. The predicted molar refractivity (Wildman–Crippen MR) is 79.3 cm³/mol. The molecule has 0 bridgehead atoms. The minimum absolute atomic E-state index is 0.0151. The summed E-state index contributed by atoms with van der Waals surface area (Å²) >= 11 is 0. The van der Waals surface area contributed by atoms with Crippen LogP contribution >= 0.6 is 0 Å². The summed E-state index contributed by atoms with van der Waals surface area (Å²) < 4.78 is 10.0. The average molecular weight is 304 g/mol. The number of aryl methyl sites for hydroxylation is 1. The molecular weight excluding hydrogens is 284 g/mol. The lowest BCUT2D eigenvalue weighted by Crippen LogP contribution is -2.18. The molecule has 1 aliphatic carbocycles. The molecule has 6 nitrogen and oxygen atoms in total. The van der Waals surface area contributed by atoms with Gasteiger partial charge in [-0.25, -0.2) is 4.79 Å². The molecule has 0 saturated heterocycles. The molecule has 1 aromatic heterocycles. The van der Waals surface area contributed by atoms with Crippen molar-refractivity contribution in [3.8, 4) is 6.07 Å². The van der Waals surface area contributed by atoms with Gasteiger partial charge in [-0.15, -0.1) is 0 Å². The Labute approximate surface area is 129 Å². The number of ether oxygens (including phenoxy) is 1. The summed E-state index contributed by atoms with van der Waals surface area (Å²) in [4.78, 5) is 23.8. The summed E-state index contributed by atoms with van der Waals surface area (Å²) in [5.41, 5.74) is 0.0827. The quantitative estimate of drug-likeness (QED) is 0.862. The van der Waals surface area contributed by atoms with Crippen molar-refractivity contribution in [2.75, 3.05) is 12.4 Å². The van der Waals surface area contributed by atoms with Gasteiger partial charge in [0.05, 0.1) is 7.11 Å². The topological polar surface area (TPSA) is 92.3 Å².